The zero-order valence-electron chi connectivity index (χ0n) is 6.79. The summed E-state index contributed by atoms with van der Waals surface area (Å²) in [7, 11) is 0. The first kappa shape index (κ1) is 12.3. The predicted molar refractivity (Wildman–Crippen MR) is 42.8 cm³/mol. The van der Waals surface area contributed by atoms with E-state index < -0.39 is 0 Å². The van der Waals surface area contributed by atoms with Crippen LogP contribution in [-0.4, -0.2) is 12.3 Å². The van der Waals surface area contributed by atoms with Crippen LogP contribution in [0.3, 0.4) is 0 Å². The summed E-state index contributed by atoms with van der Waals surface area (Å²) in [4.78, 5) is 19.2. The van der Waals surface area contributed by atoms with E-state index in [-0.39, 0.29) is 5.78 Å². The third kappa shape index (κ3) is 17.7. The first-order valence-corrected chi connectivity index (χ1v) is 2.92. The molecule has 0 aliphatic heterocycles. The molecule has 0 spiro atoms. The molecule has 0 saturated heterocycles. The van der Waals surface area contributed by atoms with Crippen LogP contribution in [0, 0.1) is 0 Å². The average molecular weight is 156 g/mol. The number of hydrogen-bond donors (Lipinski definition) is 0. The quantitative estimate of drug-likeness (QED) is 0.353. The van der Waals surface area contributed by atoms with Gasteiger partial charge in [0.2, 0.25) is 0 Å². The lowest BCUT2D eigenvalue weighted by Crippen LogP contribution is -1.86. The monoisotopic (exact) mass is 156 g/mol. The summed E-state index contributed by atoms with van der Waals surface area (Å²) < 4.78 is 3.92. The Morgan fingerprint density at radius 2 is 1.82 bits per heavy atom. The predicted octanol–water partition coefficient (Wildman–Crippen LogP) is 1.45. The molecule has 11 heavy (non-hydrogen) atoms. The normalized spacial score (nSPS) is 6.73. The fourth-order valence-electron chi connectivity index (χ4n) is 0.0393. The minimum absolute atomic E-state index is 0.0648. The molecule has 0 unspecified atom stereocenters. The highest BCUT2D eigenvalue weighted by molar-refractivity contribution is 5.91. The van der Waals surface area contributed by atoms with Crippen LogP contribution >= 0.6 is 0 Å². The van der Waals surface area contributed by atoms with E-state index in [1.54, 1.807) is 6.92 Å². The van der Waals surface area contributed by atoms with E-state index in [0.29, 0.717) is 12.0 Å². The molecule has 0 heterocycles. The van der Waals surface area contributed by atoms with Crippen molar-refractivity contribution >= 4 is 12.3 Å². The van der Waals surface area contributed by atoms with E-state index in [1.807, 2.05) is 0 Å². The topological polar surface area (TPSA) is 43.4 Å². The van der Waals surface area contributed by atoms with E-state index in [2.05, 4.69) is 17.9 Å². The lowest BCUT2D eigenvalue weighted by Gasteiger charge is -1.80. The van der Waals surface area contributed by atoms with Gasteiger partial charge in [0.05, 0.1) is 6.26 Å². The molecule has 3 heteroatoms. The van der Waals surface area contributed by atoms with E-state index in [9.17, 15) is 4.79 Å². The van der Waals surface area contributed by atoms with E-state index >= 15 is 0 Å². The molecule has 0 aromatic carbocycles. The van der Waals surface area contributed by atoms with Gasteiger partial charge in [-0.25, -0.2) is 0 Å². The zero-order valence-corrected chi connectivity index (χ0v) is 6.79. The Bertz CT molecular complexity index is 141. The SMILES string of the molecule is C=C(C)C(C)=O.C=COC=O. The third-order valence-electron chi connectivity index (χ3n) is 0.753. The molecule has 0 aliphatic rings. The summed E-state index contributed by atoms with van der Waals surface area (Å²) in [5.74, 6) is 0.0648. The van der Waals surface area contributed by atoms with Crippen LogP contribution in [0.5, 0.6) is 0 Å². The highest BCUT2D eigenvalue weighted by Crippen LogP contribution is 1.84. The maximum atomic E-state index is 10.0. The molecule has 0 bridgehead atoms. The highest BCUT2D eigenvalue weighted by atomic mass is 16.5. The van der Waals surface area contributed by atoms with Crippen molar-refractivity contribution in [1.82, 2.24) is 0 Å². The van der Waals surface area contributed by atoms with Crippen LogP contribution in [0.4, 0.5) is 0 Å². The lowest BCUT2D eigenvalue weighted by molar-refractivity contribution is -0.123. The van der Waals surface area contributed by atoms with Crippen LogP contribution in [0.1, 0.15) is 13.8 Å². The highest BCUT2D eigenvalue weighted by Gasteiger charge is 1.85. The molecular weight excluding hydrogens is 144 g/mol. The van der Waals surface area contributed by atoms with Crippen LogP contribution in [-0.2, 0) is 14.3 Å². The summed E-state index contributed by atoms with van der Waals surface area (Å²) in [6.07, 6.45) is 1.06. The smallest absolute Gasteiger partial charge is 0.297 e. The largest absolute Gasteiger partial charge is 0.437 e. The Morgan fingerprint density at radius 1 is 1.45 bits per heavy atom. The van der Waals surface area contributed by atoms with Crippen molar-refractivity contribution in [2.75, 3.05) is 0 Å². The van der Waals surface area contributed by atoms with Gasteiger partial charge in [-0.05, 0) is 19.4 Å². The van der Waals surface area contributed by atoms with Crippen molar-refractivity contribution in [3.05, 3.63) is 25.0 Å². The summed E-state index contributed by atoms with van der Waals surface area (Å²) in [6, 6.07) is 0. The molecule has 0 saturated carbocycles. The summed E-state index contributed by atoms with van der Waals surface area (Å²) in [6.45, 7) is 10.0. The molecule has 0 rings (SSSR count). The third-order valence-corrected chi connectivity index (χ3v) is 0.753. The molecule has 0 amide bonds. The molecule has 0 radical (unpaired) electrons. The van der Waals surface area contributed by atoms with Crippen molar-refractivity contribution in [3.63, 3.8) is 0 Å². The number of Topliss-reactive ketones (excluding diaryl/α,β-unsaturated/α-hetero) is 1. The Balaban J connectivity index is 0. The van der Waals surface area contributed by atoms with Crippen LogP contribution in [0.25, 0.3) is 0 Å². The van der Waals surface area contributed by atoms with Crippen molar-refractivity contribution in [3.8, 4) is 0 Å². The molecule has 0 aliphatic carbocycles. The van der Waals surface area contributed by atoms with Gasteiger partial charge in [0.15, 0.2) is 5.78 Å². The number of rotatable bonds is 3. The fourth-order valence-corrected chi connectivity index (χ4v) is 0.0393. The first-order chi connectivity index (χ1) is 5.06. The van der Waals surface area contributed by atoms with Crippen molar-refractivity contribution < 1.29 is 14.3 Å². The van der Waals surface area contributed by atoms with Crippen LogP contribution in [0.15, 0.2) is 25.0 Å². The van der Waals surface area contributed by atoms with E-state index in [0.717, 1.165) is 6.26 Å². The maximum Gasteiger partial charge on any atom is 0.297 e. The van der Waals surface area contributed by atoms with Gasteiger partial charge in [-0.3, -0.25) is 9.59 Å². The van der Waals surface area contributed by atoms with Crippen LogP contribution < -0.4 is 0 Å². The zero-order chi connectivity index (χ0) is 9.28. The number of ketones is 1. The van der Waals surface area contributed by atoms with Gasteiger partial charge in [-0.15, -0.1) is 0 Å². The number of hydrogen-bond acceptors (Lipinski definition) is 3. The Labute approximate surface area is 66.4 Å². The van der Waals surface area contributed by atoms with E-state index in [1.165, 1.54) is 6.92 Å². The Kier molecular flexibility index (Phi) is 9.65. The molecule has 62 valence electrons. The summed E-state index contributed by atoms with van der Waals surface area (Å²) >= 11 is 0. The average Bonchev–Trinajstić information content (AvgIpc) is 1.90. The van der Waals surface area contributed by atoms with E-state index in [4.69, 9.17) is 4.79 Å². The lowest BCUT2D eigenvalue weighted by atomic mass is 10.3. The van der Waals surface area contributed by atoms with Crippen molar-refractivity contribution in [1.29, 1.82) is 0 Å². The molecule has 0 atom stereocenters. The van der Waals surface area contributed by atoms with Gasteiger partial charge >= 0.3 is 0 Å². The Morgan fingerprint density at radius 3 is 1.82 bits per heavy atom. The van der Waals surface area contributed by atoms with Crippen molar-refractivity contribution in [2.24, 2.45) is 0 Å². The molecule has 0 N–H and O–H groups in total. The number of ether oxygens (including phenoxy) is 1. The maximum absolute atomic E-state index is 10.0. The van der Waals surface area contributed by atoms with Gasteiger partial charge in [0, 0.05) is 0 Å². The molecular formula is C8H12O3. The minimum atomic E-state index is 0.0648. The first-order valence-electron chi connectivity index (χ1n) is 2.92. The number of allylic oxidation sites excluding steroid dienone is 1. The van der Waals surface area contributed by atoms with Crippen molar-refractivity contribution in [2.45, 2.75) is 13.8 Å². The minimum Gasteiger partial charge on any atom is -0.437 e. The second kappa shape index (κ2) is 8.62. The molecule has 0 aromatic heterocycles. The number of carbonyl (C=O) groups excluding carboxylic acids is 2. The van der Waals surface area contributed by atoms with Gasteiger partial charge in [-0.2, -0.15) is 0 Å². The fraction of sp³-hybridized carbons (Fsp3) is 0.250. The summed E-state index contributed by atoms with van der Waals surface area (Å²) in [5, 5.41) is 0. The Hall–Kier alpha value is -1.38. The second-order valence-electron chi connectivity index (χ2n) is 1.74. The molecule has 0 fully saturated rings. The van der Waals surface area contributed by atoms with Gasteiger partial charge in [0.1, 0.15) is 0 Å². The second-order valence-corrected chi connectivity index (χ2v) is 1.74. The molecule has 3 nitrogen and oxygen atoms in total. The standard InChI is InChI=1S/C5H8O.C3H4O2/c1-4(2)5(3)6;1-2-5-3-4/h1H2,2-3H3;2-3H,1H2. The summed E-state index contributed by atoms with van der Waals surface area (Å²) in [5.41, 5.74) is 0.620. The number of carbonyl (C=O) groups is 2. The molecule has 0 aromatic rings. The van der Waals surface area contributed by atoms with Gasteiger partial charge in [-0.1, -0.05) is 13.2 Å². The van der Waals surface area contributed by atoms with Gasteiger partial charge in [0.25, 0.3) is 6.47 Å². The van der Waals surface area contributed by atoms with Crippen LogP contribution in [0.2, 0.25) is 0 Å². The van der Waals surface area contributed by atoms with Gasteiger partial charge < -0.3 is 4.74 Å².